The van der Waals surface area contributed by atoms with Crippen LogP contribution in [0, 0.1) is 5.82 Å². The number of hydrogen-bond acceptors (Lipinski definition) is 4. The van der Waals surface area contributed by atoms with Gasteiger partial charge in [-0.25, -0.2) is 17.9 Å². The number of ether oxygens (including phenoxy) is 1. The van der Waals surface area contributed by atoms with Crippen LogP contribution in [0.2, 0.25) is 0 Å². The molecule has 0 spiro atoms. The van der Waals surface area contributed by atoms with Gasteiger partial charge in [-0.15, -0.1) is 0 Å². The molecule has 0 saturated heterocycles. The number of sulfonamides is 1. The molecule has 0 aliphatic heterocycles. The minimum Gasteiger partial charge on any atom is -0.481 e. The van der Waals surface area contributed by atoms with Crippen molar-refractivity contribution in [3.05, 3.63) is 58.3 Å². The number of benzene rings is 2. The van der Waals surface area contributed by atoms with Crippen molar-refractivity contribution in [2.45, 2.75) is 17.9 Å². The second-order valence-electron chi connectivity index (χ2n) is 5.66. The first kappa shape index (κ1) is 20.3. The maximum Gasteiger partial charge on any atom is 0.260 e. The van der Waals surface area contributed by atoms with Crippen LogP contribution < -0.4 is 9.88 Å². The van der Waals surface area contributed by atoms with Crippen LogP contribution in [0.4, 0.5) is 4.39 Å². The molecule has 0 fully saturated rings. The van der Waals surface area contributed by atoms with Crippen molar-refractivity contribution in [3.8, 4) is 5.75 Å². The number of amides is 1. The molecule has 1 atom stereocenters. The number of hydrogen-bond donors (Lipinski definition) is 1. The third-order valence-electron chi connectivity index (χ3n) is 3.91. The first-order chi connectivity index (χ1) is 12.1. The van der Waals surface area contributed by atoms with Gasteiger partial charge in [-0.05, 0) is 42.8 Å². The molecule has 1 unspecified atom stereocenters. The van der Waals surface area contributed by atoms with E-state index in [4.69, 9.17) is 9.88 Å². The largest absolute Gasteiger partial charge is 0.481 e. The van der Waals surface area contributed by atoms with Gasteiger partial charge in [0.05, 0.1) is 10.9 Å². The van der Waals surface area contributed by atoms with Crippen LogP contribution in [0.25, 0.3) is 0 Å². The molecule has 2 rings (SSSR count). The molecule has 9 heteroatoms. The van der Waals surface area contributed by atoms with Gasteiger partial charge < -0.3 is 9.64 Å². The fraction of sp³-hybridized carbons (Fsp3) is 0.235. The fourth-order valence-corrected chi connectivity index (χ4v) is 3.06. The van der Waals surface area contributed by atoms with E-state index in [1.54, 1.807) is 32.2 Å². The van der Waals surface area contributed by atoms with Gasteiger partial charge in [-0.2, -0.15) is 0 Å². The molecule has 2 aromatic rings. The number of primary sulfonamides is 1. The Hall–Kier alpha value is -1.97. The molecule has 0 aliphatic rings. The summed E-state index contributed by atoms with van der Waals surface area (Å²) in [7, 11) is -2.18. The van der Waals surface area contributed by atoms with E-state index >= 15 is 0 Å². The van der Waals surface area contributed by atoms with E-state index in [0.29, 0.717) is 4.47 Å². The Balaban J connectivity index is 2.02. The van der Waals surface area contributed by atoms with Crippen LogP contribution >= 0.6 is 15.9 Å². The highest BCUT2D eigenvalue weighted by Crippen LogP contribution is 2.23. The van der Waals surface area contributed by atoms with Crippen LogP contribution in [0.1, 0.15) is 18.5 Å². The van der Waals surface area contributed by atoms with Crippen molar-refractivity contribution >= 4 is 31.9 Å². The van der Waals surface area contributed by atoms with Gasteiger partial charge in [-0.1, -0.05) is 28.1 Å². The molecule has 0 saturated carbocycles. The van der Waals surface area contributed by atoms with E-state index in [1.807, 2.05) is 0 Å². The summed E-state index contributed by atoms with van der Waals surface area (Å²) in [6.45, 7) is 1.46. The molecule has 0 aliphatic carbocycles. The third kappa shape index (κ3) is 5.03. The maximum atomic E-state index is 13.7. The molecule has 0 heterocycles. The molecular weight excluding hydrogens is 427 g/mol. The lowest BCUT2D eigenvalue weighted by Gasteiger charge is -2.25. The number of carbonyl (C=O) groups is 1. The Kier molecular flexibility index (Phi) is 6.38. The van der Waals surface area contributed by atoms with Crippen molar-refractivity contribution in [2.24, 2.45) is 5.14 Å². The standard InChI is InChI=1S/C17H18BrFN2O4S/c1-11(12-3-6-14(7-4-12)26(20,23)24)21(2)17(22)10-25-16-8-5-13(18)9-15(16)19/h3-9,11H,10H2,1-2H3,(H2,20,23,24). The number of nitrogens with zero attached hydrogens (tertiary/aromatic N) is 1. The Morgan fingerprint density at radius 3 is 2.42 bits per heavy atom. The smallest absolute Gasteiger partial charge is 0.260 e. The topological polar surface area (TPSA) is 89.7 Å². The highest BCUT2D eigenvalue weighted by Gasteiger charge is 2.19. The first-order valence-corrected chi connectivity index (χ1v) is 9.90. The predicted molar refractivity (Wildman–Crippen MR) is 98.6 cm³/mol. The van der Waals surface area contributed by atoms with E-state index in [0.717, 1.165) is 5.56 Å². The zero-order valence-corrected chi connectivity index (χ0v) is 16.6. The van der Waals surface area contributed by atoms with Crippen LogP contribution in [0.15, 0.2) is 51.8 Å². The van der Waals surface area contributed by atoms with E-state index in [-0.39, 0.29) is 29.2 Å². The lowest BCUT2D eigenvalue weighted by molar-refractivity contribution is -0.134. The van der Waals surface area contributed by atoms with E-state index < -0.39 is 15.8 Å². The van der Waals surface area contributed by atoms with Crippen LogP contribution in [-0.2, 0) is 14.8 Å². The average molecular weight is 445 g/mol. The van der Waals surface area contributed by atoms with Gasteiger partial charge in [0.15, 0.2) is 18.2 Å². The molecule has 0 aromatic heterocycles. The quantitative estimate of drug-likeness (QED) is 0.741. The Morgan fingerprint density at radius 2 is 1.88 bits per heavy atom. The lowest BCUT2D eigenvalue weighted by atomic mass is 10.1. The molecule has 6 nitrogen and oxygen atoms in total. The zero-order valence-electron chi connectivity index (χ0n) is 14.1. The summed E-state index contributed by atoms with van der Waals surface area (Å²) in [5.74, 6) is -0.933. The lowest BCUT2D eigenvalue weighted by Crippen LogP contribution is -2.33. The molecule has 26 heavy (non-hydrogen) atoms. The summed E-state index contributed by atoms with van der Waals surface area (Å²) in [5, 5.41) is 5.06. The number of halogens is 2. The Labute approximate surface area is 159 Å². The van der Waals surface area contributed by atoms with Gasteiger partial charge >= 0.3 is 0 Å². The van der Waals surface area contributed by atoms with Gasteiger partial charge in [0.25, 0.3) is 5.91 Å². The molecule has 2 aromatic carbocycles. The minimum atomic E-state index is -3.77. The molecule has 1 amide bonds. The van der Waals surface area contributed by atoms with Crippen molar-refractivity contribution in [1.29, 1.82) is 0 Å². The summed E-state index contributed by atoms with van der Waals surface area (Å²) in [6.07, 6.45) is 0. The first-order valence-electron chi connectivity index (χ1n) is 7.56. The third-order valence-corrected chi connectivity index (χ3v) is 5.33. The van der Waals surface area contributed by atoms with E-state index in [2.05, 4.69) is 15.9 Å². The number of likely N-dealkylation sites (N-methyl/N-ethyl adjacent to an activating group) is 1. The second-order valence-corrected chi connectivity index (χ2v) is 8.14. The number of rotatable bonds is 6. The van der Waals surface area contributed by atoms with Crippen molar-refractivity contribution in [3.63, 3.8) is 0 Å². The second kappa shape index (κ2) is 8.15. The molecule has 0 radical (unpaired) electrons. The Bertz CT molecular complexity index is 903. The summed E-state index contributed by atoms with van der Waals surface area (Å²) in [5.41, 5.74) is 0.725. The van der Waals surface area contributed by atoms with Gasteiger partial charge in [0.2, 0.25) is 10.0 Å². The maximum absolute atomic E-state index is 13.7. The van der Waals surface area contributed by atoms with Gasteiger partial charge in [0.1, 0.15) is 0 Å². The van der Waals surface area contributed by atoms with Gasteiger partial charge in [-0.3, -0.25) is 4.79 Å². The van der Waals surface area contributed by atoms with Crippen LogP contribution in [0.5, 0.6) is 5.75 Å². The predicted octanol–water partition coefficient (Wildman–Crippen LogP) is 2.83. The monoisotopic (exact) mass is 444 g/mol. The number of carbonyl (C=O) groups excluding carboxylic acids is 1. The van der Waals surface area contributed by atoms with E-state index in [1.165, 1.54) is 29.2 Å². The van der Waals surface area contributed by atoms with Crippen molar-refractivity contribution in [1.82, 2.24) is 4.90 Å². The van der Waals surface area contributed by atoms with Gasteiger partial charge in [0, 0.05) is 11.5 Å². The SMILES string of the molecule is CC(c1ccc(S(N)(=O)=O)cc1)N(C)C(=O)COc1ccc(Br)cc1F. The van der Waals surface area contributed by atoms with Crippen molar-refractivity contribution < 1.29 is 22.3 Å². The van der Waals surface area contributed by atoms with E-state index in [9.17, 15) is 17.6 Å². The number of nitrogens with two attached hydrogens (primary N) is 1. The average Bonchev–Trinajstić information content (AvgIpc) is 2.58. The molecular formula is C17H18BrFN2O4S. The minimum absolute atomic E-state index is 0.00326. The molecule has 140 valence electrons. The Morgan fingerprint density at radius 1 is 1.27 bits per heavy atom. The summed E-state index contributed by atoms with van der Waals surface area (Å²) in [6, 6.07) is 9.90. The summed E-state index contributed by atoms with van der Waals surface area (Å²) in [4.78, 5) is 13.7. The zero-order chi connectivity index (χ0) is 19.5. The normalized spacial score (nSPS) is 12.5. The highest BCUT2D eigenvalue weighted by atomic mass is 79.9. The molecule has 0 bridgehead atoms. The van der Waals surface area contributed by atoms with Crippen LogP contribution in [-0.4, -0.2) is 32.9 Å². The fourth-order valence-electron chi connectivity index (χ4n) is 2.21. The highest BCUT2D eigenvalue weighted by molar-refractivity contribution is 9.10. The summed E-state index contributed by atoms with van der Waals surface area (Å²) < 4.78 is 42.1. The van der Waals surface area contributed by atoms with Crippen molar-refractivity contribution in [2.75, 3.05) is 13.7 Å². The van der Waals surface area contributed by atoms with Crippen LogP contribution in [0.3, 0.4) is 0 Å². The summed E-state index contributed by atoms with van der Waals surface area (Å²) >= 11 is 3.15. The molecule has 2 N–H and O–H groups in total.